The van der Waals surface area contributed by atoms with Crippen molar-refractivity contribution in [3.8, 4) is 0 Å². The van der Waals surface area contributed by atoms with E-state index < -0.39 is 5.97 Å². The predicted octanol–water partition coefficient (Wildman–Crippen LogP) is 4.43. The second kappa shape index (κ2) is 8.10. The van der Waals surface area contributed by atoms with E-state index in [0.717, 1.165) is 12.5 Å². The van der Waals surface area contributed by atoms with Gasteiger partial charge in [-0.25, -0.2) is 4.79 Å². The van der Waals surface area contributed by atoms with E-state index in [1.165, 1.54) is 19.3 Å². The molecule has 2 nitrogen and oxygen atoms in total. The molecule has 0 bridgehead atoms. The Labute approximate surface area is 105 Å². The van der Waals surface area contributed by atoms with Crippen LogP contribution in [0.5, 0.6) is 0 Å². The Bertz CT molecular complexity index is 269. The van der Waals surface area contributed by atoms with Crippen LogP contribution in [0.25, 0.3) is 0 Å². The molecule has 0 rings (SSSR count). The molecule has 0 aliphatic carbocycles. The minimum absolute atomic E-state index is 0.430. The first-order chi connectivity index (χ1) is 7.81. The van der Waals surface area contributed by atoms with Gasteiger partial charge in [0.05, 0.1) is 0 Å². The molecule has 0 saturated heterocycles. The van der Waals surface area contributed by atoms with E-state index in [2.05, 4.69) is 27.7 Å². The molecule has 1 unspecified atom stereocenters. The average Bonchev–Trinajstić information content (AvgIpc) is 2.14. The van der Waals surface area contributed by atoms with E-state index >= 15 is 0 Å². The summed E-state index contributed by atoms with van der Waals surface area (Å²) >= 11 is 0. The lowest BCUT2D eigenvalue weighted by Crippen LogP contribution is -2.05. The number of carbonyl (C=O) groups is 1. The van der Waals surface area contributed by atoms with Crippen molar-refractivity contribution < 1.29 is 9.90 Å². The smallest absolute Gasteiger partial charge is 0.328 e. The Balaban J connectivity index is 3.66. The molecule has 0 aromatic rings. The number of hydrogen-bond donors (Lipinski definition) is 1. The van der Waals surface area contributed by atoms with E-state index in [0.29, 0.717) is 11.3 Å². The van der Waals surface area contributed by atoms with Crippen molar-refractivity contribution in [3.63, 3.8) is 0 Å². The zero-order valence-electron chi connectivity index (χ0n) is 11.6. The maximum Gasteiger partial charge on any atom is 0.328 e. The molecule has 0 radical (unpaired) electrons. The molecule has 0 amide bonds. The van der Waals surface area contributed by atoms with Gasteiger partial charge in [-0.3, -0.25) is 0 Å². The second-order valence-electron chi connectivity index (χ2n) is 5.92. The molecular formula is C15H26O2. The highest BCUT2D eigenvalue weighted by atomic mass is 16.4. The Morgan fingerprint density at radius 1 is 1.29 bits per heavy atom. The molecule has 17 heavy (non-hydrogen) atoms. The molecule has 0 aliphatic rings. The van der Waals surface area contributed by atoms with E-state index in [4.69, 9.17) is 5.11 Å². The summed E-state index contributed by atoms with van der Waals surface area (Å²) in [6, 6.07) is 0. The fraction of sp³-hybridized carbons (Fsp3) is 0.667. The first-order valence-electron chi connectivity index (χ1n) is 6.37. The number of rotatable bonds is 7. The number of hydrogen-bond acceptors (Lipinski definition) is 1. The third-order valence-electron chi connectivity index (χ3n) is 2.65. The highest BCUT2D eigenvalue weighted by Gasteiger charge is 2.10. The zero-order valence-corrected chi connectivity index (χ0v) is 11.6. The fourth-order valence-corrected chi connectivity index (χ4v) is 1.63. The molecular weight excluding hydrogens is 212 g/mol. The summed E-state index contributed by atoms with van der Waals surface area (Å²) in [5, 5.41) is 8.39. The Morgan fingerprint density at radius 3 is 2.47 bits per heavy atom. The van der Waals surface area contributed by atoms with E-state index in [9.17, 15) is 4.79 Å². The van der Waals surface area contributed by atoms with Gasteiger partial charge in [0.15, 0.2) is 0 Å². The predicted molar refractivity (Wildman–Crippen MR) is 73.0 cm³/mol. The van der Waals surface area contributed by atoms with Gasteiger partial charge in [0.25, 0.3) is 0 Å². The van der Waals surface area contributed by atoms with Crippen LogP contribution in [0, 0.1) is 11.3 Å². The second-order valence-corrected chi connectivity index (χ2v) is 5.92. The van der Waals surface area contributed by atoms with Crippen LogP contribution in [0.2, 0.25) is 0 Å². The van der Waals surface area contributed by atoms with Gasteiger partial charge >= 0.3 is 5.97 Å². The van der Waals surface area contributed by atoms with Gasteiger partial charge in [0.1, 0.15) is 0 Å². The van der Waals surface area contributed by atoms with E-state index in [1.54, 1.807) is 6.08 Å². The Kier molecular flexibility index (Phi) is 7.60. The molecule has 1 N–H and O–H groups in total. The Morgan fingerprint density at radius 2 is 1.94 bits per heavy atom. The summed E-state index contributed by atoms with van der Waals surface area (Å²) < 4.78 is 0. The molecule has 0 heterocycles. The van der Waals surface area contributed by atoms with Crippen LogP contribution < -0.4 is 0 Å². The molecule has 0 saturated carbocycles. The van der Waals surface area contributed by atoms with Crippen LogP contribution in [-0.4, -0.2) is 11.1 Å². The summed E-state index contributed by atoms with van der Waals surface area (Å²) in [6.07, 6.45) is 11.4. The van der Waals surface area contributed by atoms with Gasteiger partial charge in [-0.2, -0.15) is 0 Å². The zero-order chi connectivity index (χ0) is 13.3. The summed E-state index contributed by atoms with van der Waals surface area (Å²) in [7, 11) is 0. The number of carboxylic acids is 1. The molecule has 98 valence electrons. The number of allylic oxidation sites excluding steroid dienone is 3. The van der Waals surface area contributed by atoms with Gasteiger partial charge in [-0.1, -0.05) is 58.8 Å². The number of carboxylic acid groups (broad SMARTS) is 1. The molecule has 0 fully saturated rings. The van der Waals surface area contributed by atoms with Crippen LogP contribution in [0.4, 0.5) is 0 Å². The van der Waals surface area contributed by atoms with Gasteiger partial charge in [-0.05, 0) is 24.2 Å². The van der Waals surface area contributed by atoms with E-state index in [1.807, 2.05) is 12.2 Å². The van der Waals surface area contributed by atoms with Crippen LogP contribution in [0.15, 0.2) is 24.3 Å². The van der Waals surface area contributed by atoms with Gasteiger partial charge in [0.2, 0.25) is 0 Å². The standard InChI is InChI=1S/C15H26O2/c1-13(10-8-12-15(2,3)4)9-6-5-7-11-14(16)17/h5-7,11,13H,8-10,12H2,1-4H3,(H,16,17). The minimum Gasteiger partial charge on any atom is -0.478 e. The first-order valence-corrected chi connectivity index (χ1v) is 6.37. The van der Waals surface area contributed by atoms with Crippen LogP contribution in [0.3, 0.4) is 0 Å². The normalized spacial score (nSPS) is 14.6. The summed E-state index contributed by atoms with van der Waals surface area (Å²) in [5.41, 5.74) is 0.430. The summed E-state index contributed by atoms with van der Waals surface area (Å²) in [5.74, 6) is -0.222. The van der Waals surface area contributed by atoms with E-state index in [-0.39, 0.29) is 0 Å². The van der Waals surface area contributed by atoms with Crippen LogP contribution in [0.1, 0.15) is 53.4 Å². The average molecular weight is 238 g/mol. The summed E-state index contributed by atoms with van der Waals surface area (Å²) in [4.78, 5) is 10.2. The summed E-state index contributed by atoms with van der Waals surface area (Å²) in [6.45, 7) is 9.06. The highest BCUT2D eigenvalue weighted by molar-refractivity contribution is 5.80. The lowest BCUT2D eigenvalue weighted by molar-refractivity contribution is -0.131. The van der Waals surface area contributed by atoms with Gasteiger partial charge in [-0.15, -0.1) is 0 Å². The van der Waals surface area contributed by atoms with Gasteiger partial charge < -0.3 is 5.11 Å². The lowest BCUT2D eigenvalue weighted by Gasteiger charge is -2.18. The van der Waals surface area contributed by atoms with Crippen molar-refractivity contribution in [2.45, 2.75) is 53.4 Å². The highest BCUT2D eigenvalue weighted by Crippen LogP contribution is 2.24. The van der Waals surface area contributed by atoms with Crippen LogP contribution >= 0.6 is 0 Å². The SMILES string of the molecule is CC(CC=CC=CC(=O)O)CCCC(C)(C)C. The van der Waals surface area contributed by atoms with Crippen molar-refractivity contribution in [2.24, 2.45) is 11.3 Å². The van der Waals surface area contributed by atoms with Crippen LogP contribution in [-0.2, 0) is 4.79 Å². The third-order valence-corrected chi connectivity index (χ3v) is 2.65. The van der Waals surface area contributed by atoms with Crippen molar-refractivity contribution in [2.75, 3.05) is 0 Å². The quantitative estimate of drug-likeness (QED) is 0.526. The van der Waals surface area contributed by atoms with Gasteiger partial charge in [0, 0.05) is 6.08 Å². The topological polar surface area (TPSA) is 37.3 Å². The number of aliphatic carboxylic acids is 1. The molecule has 1 atom stereocenters. The van der Waals surface area contributed by atoms with Crippen molar-refractivity contribution in [1.82, 2.24) is 0 Å². The fourth-order valence-electron chi connectivity index (χ4n) is 1.63. The Hall–Kier alpha value is -1.05. The molecule has 0 aliphatic heterocycles. The monoisotopic (exact) mass is 238 g/mol. The molecule has 0 aromatic heterocycles. The van der Waals surface area contributed by atoms with Crippen molar-refractivity contribution in [1.29, 1.82) is 0 Å². The molecule has 2 heteroatoms. The molecule has 0 aromatic carbocycles. The van der Waals surface area contributed by atoms with Crippen molar-refractivity contribution >= 4 is 5.97 Å². The first kappa shape index (κ1) is 16.0. The maximum absolute atomic E-state index is 10.2. The van der Waals surface area contributed by atoms with Crippen molar-refractivity contribution in [3.05, 3.63) is 24.3 Å². The molecule has 0 spiro atoms. The lowest BCUT2D eigenvalue weighted by atomic mass is 9.87. The minimum atomic E-state index is -0.895. The maximum atomic E-state index is 10.2. The third kappa shape index (κ3) is 12.9. The largest absolute Gasteiger partial charge is 0.478 e.